The molecule has 4 unspecified atom stereocenters. The Bertz CT molecular complexity index is 317. The highest BCUT2D eigenvalue weighted by molar-refractivity contribution is 8.61. The summed E-state index contributed by atoms with van der Waals surface area (Å²) in [6.07, 6.45) is 2.27. The number of hydrogen-bond acceptors (Lipinski definition) is 3. The lowest BCUT2D eigenvalue weighted by Gasteiger charge is -2.32. The van der Waals surface area contributed by atoms with Gasteiger partial charge in [-0.25, -0.2) is 4.68 Å². The van der Waals surface area contributed by atoms with E-state index < -0.39 is 0 Å². The topological polar surface area (TPSA) is 43.6 Å². The molecule has 0 N–H and O–H groups in total. The van der Waals surface area contributed by atoms with Crippen molar-refractivity contribution < 1.29 is 0 Å². The van der Waals surface area contributed by atoms with Crippen LogP contribution in [0.1, 0.15) is 25.2 Å². The molecule has 0 bridgehead atoms. The molecule has 2 rings (SSSR count). The van der Waals surface area contributed by atoms with Crippen molar-refractivity contribution >= 4 is 33.1 Å². The number of nitrogens with zero attached hydrogens (tertiary/aromatic N) is 4. The SMILES string of the molecule is C[C@H]1[C@@H](P(P)PP)CCc2nnnn21. The maximum Gasteiger partial charge on any atom is 0.151 e. The first-order valence-electron chi connectivity index (χ1n) is 4.51. The molecule has 2 heterocycles. The molecule has 8 heteroatoms. The van der Waals surface area contributed by atoms with E-state index >= 15 is 0 Å². The molecule has 78 valence electrons. The van der Waals surface area contributed by atoms with Gasteiger partial charge in [0, 0.05) is 12.1 Å². The molecular weight excluding hydrogens is 252 g/mol. The Morgan fingerprint density at radius 1 is 1.64 bits per heavy atom. The van der Waals surface area contributed by atoms with Crippen LogP contribution in [0, 0.1) is 0 Å². The molecule has 1 aromatic rings. The molecule has 1 aliphatic rings. The van der Waals surface area contributed by atoms with Crippen molar-refractivity contribution in [3.05, 3.63) is 5.82 Å². The van der Waals surface area contributed by atoms with Gasteiger partial charge in [-0.1, -0.05) is 15.3 Å². The lowest BCUT2D eigenvalue weighted by atomic mass is 10.1. The Labute approximate surface area is 91.0 Å². The van der Waals surface area contributed by atoms with E-state index in [2.05, 4.69) is 40.3 Å². The van der Waals surface area contributed by atoms with Crippen LogP contribution < -0.4 is 0 Å². The van der Waals surface area contributed by atoms with Gasteiger partial charge in [-0.15, -0.1) is 23.0 Å². The van der Waals surface area contributed by atoms with Crippen molar-refractivity contribution in [1.82, 2.24) is 20.2 Å². The number of hydrogen-bond donors (Lipinski definition) is 0. The highest BCUT2D eigenvalue weighted by Gasteiger charge is 2.31. The molecule has 1 aromatic heterocycles. The fraction of sp³-hybridized carbons (Fsp3) is 0.833. The number of fused-ring (bicyclic) bond motifs is 1. The molecular formula is C6H14N4P4. The molecule has 1 aliphatic heterocycles. The van der Waals surface area contributed by atoms with Gasteiger partial charge in [0.1, 0.15) is 0 Å². The van der Waals surface area contributed by atoms with Crippen molar-refractivity contribution in [2.24, 2.45) is 0 Å². The number of aryl methyl sites for hydroxylation is 1. The van der Waals surface area contributed by atoms with Gasteiger partial charge >= 0.3 is 0 Å². The molecule has 0 aromatic carbocycles. The second-order valence-corrected chi connectivity index (χ2v) is 13.0. The fourth-order valence-electron chi connectivity index (χ4n) is 1.84. The van der Waals surface area contributed by atoms with Crippen molar-refractivity contribution in [2.45, 2.75) is 31.5 Å². The van der Waals surface area contributed by atoms with Crippen molar-refractivity contribution in [2.75, 3.05) is 0 Å². The first-order valence-corrected chi connectivity index (χ1v) is 11.2. The first-order chi connectivity index (χ1) is 6.74. The summed E-state index contributed by atoms with van der Waals surface area (Å²) in [7, 11) is 6.88. The summed E-state index contributed by atoms with van der Waals surface area (Å²) in [5, 5.41) is 11.8. The van der Waals surface area contributed by atoms with Gasteiger partial charge in [-0.3, -0.25) is 0 Å². The second kappa shape index (κ2) is 4.75. The molecule has 0 saturated heterocycles. The van der Waals surface area contributed by atoms with Crippen LogP contribution in [-0.2, 0) is 6.42 Å². The van der Waals surface area contributed by atoms with Crippen LogP contribution in [0.3, 0.4) is 0 Å². The molecule has 0 saturated carbocycles. The maximum atomic E-state index is 4.06. The summed E-state index contributed by atoms with van der Waals surface area (Å²) in [6.45, 7) is 2.23. The molecule has 0 amide bonds. The van der Waals surface area contributed by atoms with Crippen LogP contribution in [0.15, 0.2) is 0 Å². The molecule has 0 aliphatic carbocycles. The summed E-state index contributed by atoms with van der Waals surface area (Å²) in [4.78, 5) is 0. The zero-order chi connectivity index (χ0) is 10.1. The maximum absolute atomic E-state index is 4.06. The van der Waals surface area contributed by atoms with Gasteiger partial charge in [0.25, 0.3) is 0 Å². The minimum absolute atomic E-state index is 0.0496. The highest BCUT2D eigenvalue weighted by Crippen LogP contribution is 2.71. The predicted octanol–water partition coefficient (Wildman–Crippen LogP) is 2.20. The van der Waals surface area contributed by atoms with Crippen molar-refractivity contribution in [1.29, 1.82) is 0 Å². The Kier molecular flexibility index (Phi) is 3.83. The summed E-state index contributed by atoms with van der Waals surface area (Å²) in [5.74, 6) is 1.05. The highest BCUT2D eigenvalue weighted by atomic mass is 32.6. The van der Waals surface area contributed by atoms with Crippen molar-refractivity contribution in [3.8, 4) is 0 Å². The molecule has 0 spiro atoms. The average Bonchev–Trinajstić information content (AvgIpc) is 2.66. The van der Waals surface area contributed by atoms with Gasteiger partial charge in [-0.2, -0.15) is 0 Å². The van der Waals surface area contributed by atoms with E-state index in [1.165, 1.54) is 6.42 Å². The van der Waals surface area contributed by atoms with E-state index in [1.54, 1.807) is 0 Å². The van der Waals surface area contributed by atoms with E-state index in [0.29, 0.717) is 6.04 Å². The van der Waals surface area contributed by atoms with Gasteiger partial charge in [0.15, 0.2) is 5.82 Å². The summed E-state index contributed by atoms with van der Waals surface area (Å²) in [6, 6.07) is 0.463. The van der Waals surface area contributed by atoms with Crippen LogP contribution >= 0.6 is 33.1 Å². The molecule has 0 fully saturated rings. The van der Waals surface area contributed by atoms with Gasteiger partial charge < -0.3 is 0 Å². The van der Waals surface area contributed by atoms with Gasteiger partial charge in [0.05, 0.1) is 6.04 Å². The average molecular weight is 266 g/mol. The monoisotopic (exact) mass is 266 g/mol. The third kappa shape index (κ3) is 2.00. The zero-order valence-corrected chi connectivity index (χ0v) is 12.2. The summed E-state index contributed by atoms with van der Waals surface area (Å²) in [5.41, 5.74) is 0.752. The van der Waals surface area contributed by atoms with Crippen LogP contribution in [0.2, 0.25) is 0 Å². The first kappa shape index (κ1) is 11.3. The lowest BCUT2D eigenvalue weighted by Crippen LogP contribution is -2.27. The quantitative estimate of drug-likeness (QED) is 0.771. The van der Waals surface area contributed by atoms with E-state index in [1.807, 2.05) is 4.68 Å². The minimum Gasteiger partial charge on any atom is -0.226 e. The Morgan fingerprint density at radius 2 is 2.43 bits per heavy atom. The molecule has 0 radical (unpaired) electrons. The molecule has 14 heavy (non-hydrogen) atoms. The lowest BCUT2D eigenvalue weighted by molar-refractivity contribution is 0.393. The summed E-state index contributed by atoms with van der Waals surface area (Å²) < 4.78 is 2.00. The van der Waals surface area contributed by atoms with Crippen LogP contribution in [0.4, 0.5) is 0 Å². The van der Waals surface area contributed by atoms with E-state index in [9.17, 15) is 0 Å². The number of tetrazole rings is 1. The minimum atomic E-state index is 0.0496. The number of rotatable bonds is 2. The Hall–Kier alpha value is 0.790. The third-order valence-electron chi connectivity index (χ3n) is 2.67. The standard InChI is InChI=1S/C6H14N4P4/c1-4-5(14(12)13-11)2-3-6-7-8-9-10(4)6/h4-5,13H,2-3,11-12H2,1H3/t4-,5-,14?/m0/s1. The summed E-state index contributed by atoms with van der Waals surface area (Å²) >= 11 is 0. The van der Waals surface area contributed by atoms with Crippen LogP contribution in [0.25, 0.3) is 0 Å². The molecule has 6 atom stereocenters. The van der Waals surface area contributed by atoms with Gasteiger partial charge in [0.2, 0.25) is 0 Å². The normalized spacial score (nSPS) is 29.4. The molecule has 4 nitrogen and oxygen atoms in total. The van der Waals surface area contributed by atoms with Crippen LogP contribution in [-0.4, -0.2) is 25.9 Å². The van der Waals surface area contributed by atoms with E-state index in [0.717, 1.165) is 25.9 Å². The predicted molar refractivity (Wildman–Crippen MR) is 69.3 cm³/mol. The largest absolute Gasteiger partial charge is 0.226 e. The van der Waals surface area contributed by atoms with Crippen molar-refractivity contribution in [3.63, 3.8) is 0 Å². The van der Waals surface area contributed by atoms with E-state index in [-0.39, 0.29) is 7.30 Å². The smallest absolute Gasteiger partial charge is 0.151 e. The second-order valence-electron chi connectivity index (χ2n) is 3.42. The Balaban J connectivity index is 2.20. The van der Waals surface area contributed by atoms with Crippen LogP contribution in [0.5, 0.6) is 0 Å². The number of aromatic nitrogens is 4. The third-order valence-corrected chi connectivity index (χ3v) is 14.1. The van der Waals surface area contributed by atoms with Gasteiger partial charge in [-0.05, 0) is 23.8 Å². The fourth-order valence-corrected chi connectivity index (χ4v) is 7.56. The zero-order valence-electron chi connectivity index (χ0n) is 7.96. The Morgan fingerprint density at radius 3 is 3.14 bits per heavy atom. The van der Waals surface area contributed by atoms with E-state index in [4.69, 9.17) is 0 Å².